The Morgan fingerprint density at radius 1 is 1.15 bits per heavy atom. The molecule has 0 spiro atoms. The molecule has 1 saturated heterocycles. The van der Waals surface area contributed by atoms with Gasteiger partial charge in [0, 0.05) is 25.4 Å². The Morgan fingerprint density at radius 2 is 1.92 bits per heavy atom. The zero-order valence-corrected chi connectivity index (χ0v) is 15.6. The number of likely N-dealkylation sites (N-methyl/N-ethyl adjacent to an activating group) is 1. The number of rotatable bonds is 6. The second-order valence-corrected chi connectivity index (χ2v) is 6.91. The van der Waals surface area contributed by atoms with Gasteiger partial charge in [0.1, 0.15) is 5.75 Å². The van der Waals surface area contributed by atoms with Crippen LogP contribution in [0.4, 0.5) is 4.79 Å². The van der Waals surface area contributed by atoms with E-state index in [0.29, 0.717) is 11.5 Å². The van der Waals surface area contributed by atoms with Gasteiger partial charge in [-0.1, -0.05) is 25.1 Å². The molecule has 0 atom stereocenters. The van der Waals surface area contributed by atoms with Crippen LogP contribution in [0.3, 0.4) is 0 Å². The minimum Gasteiger partial charge on any atom is -0.493 e. The topological polar surface area (TPSA) is 59.5 Å². The Labute approximate surface area is 157 Å². The van der Waals surface area contributed by atoms with E-state index in [1.807, 2.05) is 36.5 Å². The highest BCUT2D eigenvalue weighted by Crippen LogP contribution is 2.31. The molecule has 2 heterocycles. The molecular weight excluding hydrogens is 348 g/mol. The molecule has 134 valence electrons. The van der Waals surface area contributed by atoms with Crippen molar-refractivity contribution < 1.29 is 14.3 Å². The van der Waals surface area contributed by atoms with Gasteiger partial charge >= 0.3 is 0 Å². The highest BCUT2D eigenvalue weighted by molar-refractivity contribution is 8.18. The van der Waals surface area contributed by atoms with Crippen LogP contribution in [0.25, 0.3) is 6.08 Å². The number of ether oxygens (including phenoxy) is 1. The van der Waals surface area contributed by atoms with Crippen LogP contribution in [-0.4, -0.2) is 34.7 Å². The number of hydrogen-bond acceptors (Lipinski definition) is 5. The van der Waals surface area contributed by atoms with Crippen molar-refractivity contribution in [3.05, 3.63) is 64.3 Å². The minimum absolute atomic E-state index is 0.248. The highest BCUT2D eigenvalue weighted by Gasteiger charge is 2.31. The summed E-state index contributed by atoms with van der Waals surface area (Å²) in [5.74, 6) is 0.498. The van der Waals surface area contributed by atoms with Gasteiger partial charge in [-0.3, -0.25) is 19.5 Å². The number of imide groups is 1. The van der Waals surface area contributed by atoms with E-state index in [2.05, 4.69) is 18.0 Å². The molecular formula is C20H20N2O3S. The van der Waals surface area contributed by atoms with Gasteiger partial charge in [-0.05, 0) is 53.6 Å². The van der Waals surface area contributed by atoms with Crippen molar-refractivity contribution in [2.24, 2.45) is 0 Å². The van der Waals surface area contributed by atoms with Crippen LogP contribution in [0, 0.1) is 0 Å². The number of thioether (sulfide) groups is 1. The molecule has 5 nitrogen and oxygen atoms in total. The summed E-state index contributed by atoms with van der Waals surface area (Å²) in [4.78, 5) is 29.4. The number of carbonyl (C=O) groups is 2. The number of nitrogens with zero attached hydrogens (tertiary/aromatic N) is 2. The van der Waals surface area contributed by atoms with E-state index >= 15 is 0 Å². The summed E-state index contributed by atoms with van der Waals surface area (Å²) >= 11 is 0.955. The number of benzene rings is 1. The second kappa shape index (κ2) is 8.19. The number of amides is 2. The lowest BCUT2D eigenvalue weighted by molar-refractivity contribution is -0.121. The van der Waals surface area contributed by atoms with E-state index in [0.717, 1.165) is 46.5 Å². The van der Waals surface area contributed by atoms with Crippen LogP contribution in [0.15, 0.2) is 47.5 Å². The van der Waals surface area contributed by atoms with E-state index in [1.165, 1.54) is 12.6 Å². The van der Waals surface area contributed by atoms with Gasteiger partial charge in [0.05, 0.1) is 11.5 Å². The van der Waals surface area contributed by atoms with Crippen molar-refractivity contribution in [2.75, 3.05) is 13.7 Å². The first-order valence-corrected chi connectivity index (χ1v) is 9.26. The van der Waals surface area contributed by atoms with Crippen molar-refractivity contribution in [3.63, 3.8) is 0 Å². The van der Waals surface area contributed by atoms with E-state index in [4.69, 9.17) is 4.74 Å². The summed E-state index contributed by atoms with van der Waals surface area (Å²) in [7, 11) is 1.49. The SMILES string of the molecule is CCc1ccc(CCOc2ccc(/C=C3\SC(=O)N(C)C3=O)cc2)nc1. The Morgan fingerprint density at radius 3 is 2.50 bits per heavy atom. The Bertz CT molecular complexity index is 829. The first-order valence-electron chi connectivity index (χ1n) is 8.45. The van der Waals surface area contributed by atoms with Crippen LogP contribution in [0.2, 0.25) is 0 Å². The number of carbonyl (C=O) groups excluding carboxylic acids is 2. The monoisotopic (exact) mass is 368 g/mol. The Kier molecular flexibility index (Phi) is 5.73. The summed E-state index contributed by atoms with van der Waals surface area (Å²) in [5.41, 5.74) is 3.09. The van der Waals surface area contributed by atoms with Gasteiger partial charge in [0.25, 0.3) is 11.1 Å². The maximum absolute atomic E-state index is 11.9. The molecule has 6 heteroatoms. The zero-order chi connectivity index (χ0) is 18.5. The average Bonchev–Trinajstić information content (AvgIpc) is 2.90. The van der Waals surface area contributed by atoms with Gasteiger partial charge in [0.15, 0.2) is 0 Å². The number of aryl methyl sites for hydroxylation is 1. The first-order chi connectivity index (χ1) is 12.6. The van der Waals surface area contributed by atoms with Crippen LogP contribution in [-0.2, 0) is 17.6 Å². The fourth-order valence-corrected chi connectivity index (χ4v) is 3.27. The normalized spacial score (nSPS) is 15.8. The van der Waals surface area contributed by atoms with E-state index in [9.17, 15) is 9.59 Å². The molecule has 0 aliphatic carbocycles. The molecule has 0 bridgehead atoms. The van der Waals surface area contributed by atoms with Crippen molar-refractivity contribution in [1.29, 1.82) is 0 Å². The third-order valence-corrected chi connectivity index (χ3v) is 5.05. The van der Waals surface area contributed by atoms with Crippen LogP contribution in [0.1, 0.15) is 23.7 Å². The summed E-state index contributed by atoms with van der Waals surface area (Å²) in [6.45, 7) is 2.66. The van der Waals surface area contributed by atoms with Crippen molar-refractivity contribution in [3.8, 4) is 5.75 Å². The summed E-state index contributed by atoms with van der Waals surface area (Å²) in [6, 6.07) is 11.6. The van der Waals surface area contributed by atoms with Gasteiger partial charge in [-0.15, -0.1) is 0 Å². The third kappa shape index (κ3) is 4.32. The molecule has 1 aromatic carbocycles. The molecule has 26 heavy (non-hydrogen) atoms. The first kappa shape index (κ1) is 18.2. The molecule has 1 aliphatic rings. The number of pyridine rings is 1. The fourth-order valence-electron chi connectivity index (χ4n) is 2.44. The lowest BCUT2D eigenvalue weighted by Gasteiger charge is -2.07. The zero-order valence-electron chi connectivity index (χ0n) is 14.8. The predicted molar refractivity (Wildman–Crippen MR) is 103 cm³/mol. The molecule has 2 amide bonds. The van der Waals surface area contributed by atoms with Crippen LogP contribution >= 0.6 is 11.8 Å². The molecule has 1 aliphatic heterocycles. The maximum atomic E-state index is 11.9. The van der Waals surface area contributed by atoms with Crippen LogP contribution < -0.4 is 4.74 Å². The second-order valence-electron chi connectivity index (χ2n) is 5.92. The summed E-state index contributed by atoms with van der Waals surface area (Å²) in [5, 5.41) is -0.248. The van der Waals surface area contributed by atoms with Crippen molar-refractivity contribution >= 4 is 29.0 Å². The quantitative estimate of drug-likeness (QED) is 0.723. The average molecular weight is 368 g/mol. The Balaban J connectivity index is 1.54. The summed E-state index contributed by atoms with van der Waals surface area (Å²) < 4.78 is 5.75. The molecule has 0 saturated carbocycles. The number of aromatic nitrogens is 1. The molecule has 0 N–H and O–H groups in total. The fraction of sp³-hybridized carbons (Fsp3) is 0.250. The summed E-state index contributed by atoms with van der Waals surface area (Å²) in [6.07, 6.45) is 5.36. The lowest BCUT2D eigenvalue weighted by atomic mass is 10.2. The van der Waals surface area contributed by atoms with E-state index < -0.39 is 0 Å². The van der Waals surface area contributed by atoms with Crippen molar-refractivity contribution in [1.82, 2.24) is 9.88 Å². The molecule has 1 aromatic heterocycles. The highest BCUT2D eigenvalue weighted by atomic mass is 32.2. The third-order valence-electron chi connectivity index (χ3n) is 4.09. The number of hydrogen-bond donors (Lipinski definition) is 0. The van der Waals surface area contributed by atoms with Gasteiger partial charge in [-0.25, -0.2) is 0 Å². The van der Waals surface area contributed by atoms with Gasteiger partial charge in [-0.2, -0.15) is 0 Å². The molecule has 0 radical (unpaired) electrons. The maximum Gasteiger partial charge on any atom is 0.293 e. The lowest BCUT2D eigenvalue weighted by Crippen LogP contribution is -2.22. The minimum atomic E-state index is -0.262. The largest absolute Gasteiger partial charge is 0.493 e. The Hall–Kier alpha value is -2.60. The molecule has 3 rings (SSSR count). The van der Waals surface area contributed by atoms with E-state index in [-0.39, 0.29) is 11.1 Å². The van der Waals surface area contributed by atoms with Gasteiger partial charge in [0.2, 0.25) is 0 Å². The van der Waals surface area contributed by atoms with Crippen molar-refractivity contribution in [2.45, 2.75) is 19.8 Å². The van der Waals surface area contributed by atoms with Crippen LogP contribution in [0.5, 0.6) is 5.75 Å². The molecule has 1 fully saturated rings. The molecule has 2 aromatic rings. The predicted octanol–water partition coefficient (Wildman–Crippen LogP) is 3.93. The standard InChI is InChI=1S/C20H20N2O3S/c1-3-14-4-7-16(21-13-14)10-11-25-17-8-5-15(6-9-17)12-18-19(23)22(2)20(24)26-18/h4-9,12-13H,3,10-11H2,1-2H3/b18-12-. The smallest absolute Gasteiger partial charge is 0.293 e. The van der Waals surface area contributed by atoms with Gasteiger partial charge < -0.3 is 4.74 Å². The molecule has 0 unspecified atom stereocenters. The van der Waals surface area contributed by atoms with E-state index in [1.54, 1.807) is 6.08 Å².